The van der Waals surface area contributed by atoms with E-state index in [9.17, 15) is 9.59 Å². The standard InChI is InChI=1S/C23H29N3O3S/c1-4-6-15-29-20-13-9-18(10-14-20)22(28)26-23(30)25-19-11-7-17(8-12-19)21(27)24-16(3)5-2/h7-14,16H,4-6,15H2,1-3H3,(H,24,27)(H2,25,26,28,30). The fourth-order valence-corrected chi connectivity index (χ4v) is 2.70. The summed E-state index contributed by atoms with van der Waals surface area (Å²) in [5.74, 6) is 0.309. The number of unbranched alkanes of at least 4 members (excludes halogenated alkanes) is 1. The molecular formula is C23H29N3O3S. The Morgan fingerprint density at radius 2 is 1.57 bits per heavy atom. The number of carbonyl (C=O) groups excluding carboxylic acids is 2. The number of ether oxygens (including phenoxy) is 1. The molecule has 0 spiro atoms. The summed E-state index contributed by atoms with van der Waals surface area (Å²) >= 11 is 5.22. The van der Waals surface area contributed by atoms with Crippen LogP contribution in [-0.4, -0.2) is 29.6 Å². The Bertz CT molecular complexity index is 851. The lowest BCUT2D eigenvalue weighted by atomic mass is 10.1. The fourth-order valence-electron chi connectivity index (χ4n) is 2.49. The highest BCUT2D eigenvalue weighted by Crippen LogP contribution is 2.13. The second kappa shape index (κ2) is 11.9. The van der Waals surface area contributed by atoms with E-state index in [1.165, 1.54) is 0 Å². The number of hydrogen-bond acceptors (Lipinski definition) is 4. The van der Waals surface area contributed by atoms with Gasteiger partial charge in [0.2, 0.25) is 0 Å². The highest BCUT2D eigenvalue weighted by atomic mass is 32.1. The minimum absolute atomic E-state index is 0.117. The molecule has 0 heterocycles. The molecule has 2 amide bonds. The molecule has 7 heteroatoms. The molecular weight excluding hydrogens is 398 g/mol. The van der Waals surface area contributed by atoms with E-state index in [1.54, 1.807) is 48.5 Å². The van der Waals surface area contributed by atoms with Crippen molar-refractivity contribution in [3.63, 3.8) is 0 Å². The number of benzene rings is 2. The molecule has 0 aliphatic heterocycles. The van der Waals surface area contributed by atoms with E-state index in [0.717, 1.165) is 25.0 Å². The summed E-state index contributed by atoms with van der Waals surface area (Å²) in [4.78, 5) is 24.5. The summed E-state index contributed by atoms with van der Waals surface area (Å²) in [5, 5.41) is 8.70. The quantitative estimate of drug-likeness (QED) is 0.405. The lowest BCUT2D eigenvalue weighted by Crippen LogP contribution is -2.34. The van der Waals surface area contributed by atoms with Crippen LogP contribution in [0, 0.1) is 0 Å². The molecule has 6 nitrogen and oxygen atoms in total. The molecule has 30 heavy (non-hydrogen) atoms. The van der Waals surface area contributed by atoms with Gasteiger partial charge in [0.1, 0.15) is 5.75 Å². The first-order chi connectivity index (χ1) is 14.4. The second-order valence-corrected chi connectivity index (χ2v) is 7.40. The topological polar surface area (TPSA) is 79.5 Å². The van der Waals surface area contributed by atoms with Crippen LogP contribution < -0.4 is 20.7 Å². The molecule has 0 bridgehead atoms. The van der Waals surface area contributed by atoms with Gasteiger partial charge in [0.05, 0.1) is 6.61 Å². The minimum Gasteiger partial charge on any atom is -0.494 e. The summed E-state index contributed by atoms with van der Waals surface area (Å²) in [6.45, 7) is 6.74. The molecule has 0 saturated carbocycles. The first-order valence-electron chi connectivity index (χ1n) is 10.2. The Hall–Kier alpha value is -2.93. The van der Waals surface area contributed by atoms with Crippen LogP contribution in [0.5, 0.6) is 5.75 Å². The van der Waals surface area contributed by atoms with Crippen LogP contribution >= 0.6 is 12.2 Å². The van der Waals surface area contributed by atoms with Gasteiger partial charge in [-0.25, -0.2) is 0 Å². The van der Waals surface area contributed by atoms with Crippen molar-refractivity contribution >= 4 is 34.8 Å². The summed E-state index contributed by atoms with van der Waals surface area (Å²) in [6.07, 6.45) is 2.93. The van der Waals surface area contributed by atoms with Crippen molar-refractivity contribution in [2.24, 2.45) is 0 Å². The van der Waals surface area contributed by atoms with E-state index in [4.69, 9.17) is 17.0 Å². The predicted octanol–water partition coefficient (Wildman–Crippen LogP) is 4.52. The number of thiocarbonyl (C=S) groups is 1. The van der Waals surface area contributed by atoms with Gasteiger partial charge in [-0.15, -0.1) is 0 Å². The average molecular weight is 428 g/mol. The first-order valence-corrected chi connectivity index (χ1v) is 10.6. The molecule has 0 aliphatic rings. The molecule has 2 aromatic rings. The van der Waals surface area contributed by atoms with Gasteiger partial charge in [0.25, 0.3) is 11.8 Å². The van der Waals surface area contributed by atoms with Crippen LogP contribution in [0.3, 0.4) is 0 Å². The number of carbonyl (C=O) groups is 2. The van der Waals surface area contributed by atoms with Crippen molar-refractivity contribution in [1.29, 1.82) is 0 Å². The summed E-state index contributed by atoms with van der Waals surface area (Å²) in [6, 6.07) is 14.0. The third-order valence-corrected chi connectivity index (χ3v) is 4.71. The van der Waals surface area contributed by atoms with E-state index in [0.29, 0.717) is 23.4 Å². The Labute approximate surface area is 183 Å². The molecule has 0 radical (unpaired) electrons. The lowest BCUT2D eigenvalue weighted by molar-refractivity contribution is 0.0937. The summed E-state index contributed by atoms with van der Waals surface area (Å²) in [7, 11) is 0. The average Bonchev–Trinajstić information content (AvgIpc) is 2.74. The normalized spacial score (nSPS) is 11.3. The Morgan fingerprint density at radius 3 is 2.17 bits per heavy atom. The predicted molar refractivity (Wildman–Crippen MR) is 124 cm³/mol. The zero-order chi connectivity index (χ0) is 21.9. The first kappa shape index (κ1) is 23.3. The van der Waals surface area contributed by atoms with Crippen LogP contribution in [0.1, 0.15) is 60.7 Å². The highest BCUT2D eigenvalue weighted by Gasteiger charge is 2.10. The van der Waals surface area contributed by atoms with Crippen molar-refractivity contribution < 1.29 is 14.3 Å². The molecule has 2 aromatic carbocycles. The van der Waals surface area contributed by atoms with Crippen LogP contribution in [0.4, 0.5) is 5.69 Å². The Kier molecular flexibility index (Phi) is 9.28. The van der Waals surface area contributed by atoms with Crippen LogP contribution in [0.15, 0.2) is 48.5 Å². The van der Waals surface area contributed by atoms with E-state index in [1.807, 2.05) is 13.8 Å². The van der Waals surface area contributed by atoms with E-state index < -0.39 is 0 Å². The number of nitrogens with one attached hydrogen (secondary N) is 3. The van der Waals surface area contributed by atoms with Gasteiger partial charge in [0, 0.05) is 22.9 Å². The maximum Gasteiger partial charge on any atom is 0.257 e. The second-order valence-electron chi connectivity index (χ2n) is 6.99. The van der Waals surface area contributed by atoms with Crippen molar-refractivity contribution in [2.75, 3.05) is 11.9 Å². The third-order valence-electron chi connectivity index (χ3n) is 4.51. The van der Waals surface area contributed by atoms with Crippen LogP contribution in [-0.2, 0) is 0 Å². The minimum atomic E-state index is -0.308. The van der Waals surface area contributed by atoms with Crippen molar-refractivity contribution in [3.8, 4) is 5.75 Å². The Balaban J connectivity index is 1.86. The molecule has 2 rings (SSSR count). The maximum atomic E-state index is 12.4. The van der Waals surface area contributed by atoms with Crippen molar-refractivity contribution in [1.82, 2.24) is 10.6 Å². The molecule has 1 unspecified atom stereocenters. The number of rotatable bonds is 9. The Morgan fingerprint density at radius 1 is 0.967 bits per heavy atom. The van der Waals surface area contributed by atoms with Crippen molar-refractivity contribution in [2.45, 2.75) is 46.1 Å². The van der Waals surface area contributed by atoms with Gasteiger partial charge in [-0.05, 0) is 80.5 Å². The van der Waals surface area contributed by atoms with E-state index in [-0.39, 0.29) is 23.0 Å². The van der Waals surface area contributed by atoms with E-state index in [2.05, 4.69) is 22.9 Å². The molecule has 1 atom stereocenters. The van der Waals surface area contributed by atoms with Gasteiger partial charge < -0.3 is 15.4 Å². The monoisotopic (exact) mass is 427 g/mol. The van der Waals surface area contributed by atoms with Crippen LogP contribution in [0.25, 0.3) is 0 Å². The van der Waals surface area contributed by atoms with Gasteiger partial charge in [-0.1, -0.05) is 20.3 Å². The van der Waals surface area contributed by atoms with E-state index >= 15 is 0 Å². The molecule has 0 saturated heterocycles. The zero-order valence-corrected chi connectivity index (χ0v) is 18.5. The van der Waals surface area contributed by atoms with Crippen molar-refractivity contribution in [3.05, 3.63) is 59.7 Å². The van der Waals surface area contributed by atoms with Gasteiger partial charge in [-0.3, -0.25) is 14.9 Å². The third kappa shape index (κ3) is 7.48. The summed E-state index contributed by atoms with van der Waals surface area (Å²) in [5.41, 5.74) is 1.73. The highest BCUT2D eigenvalue weighted by molar-refractivity contribution is 7.80. The number of amides is 2. The van der Waals surface area contributed by atoms with Gasteiger partial charge >= 0.3 is 0 Å². The number of hydrogen-bond donors (Lipinski definition) is 3. The maximum absolute atomic E-state index is 12.4. The fraction of sp³-hybridized carbons (Fsp3) is 0.348. The molecule has 160 valence electrons. The summed E-state index contributed by atoms with van der Waals surface area (Å²) < 4.78 is 5.60. The van der Waals surface area contributed by atoms with Gasteiger partial charge in [-0.2, -0.15) is 0 Å². The zero-order valence-electron chi connectivity index (χ0n) is 17.7. The SMILES string of the molecule is CCCCOc1ccc(C(=O)NC(=S)Nc2ccc(C(=O)NC(C)CC)cc2)cc1. The number of anilines is 1. The largest absolute Gasteiger partial charge is 0.494 e. The molecule has 0 aliphatic carbocycles. The molecule has 3 N–H and O–H groups in total. The molecule has 0 aromatic heterocycles. The smallest absolute Gasteiger partial charge is 0.257 e. The van der Waals surface area contributed by atoms with Crippen LogP contribution in [0.2, 0.25) is 0 Å². The van der Waals surface area contributed by atoms with Gasteiger partial charge in [0.15, 0.2) is 5.11 Å². The lowest BCUT2D eigenvalue weighted by Gasteiger charge is -2.12. The molecule has 0 fully saturated rings.